The van der Waals surface area contributed by atoms with E-state index < -0.39 is 0 Å². The van der Waals surface area contributed by atoms with Crippen LogP contribution in [0.3, 0.4) is 0 Å². The van der Waals surface area contributed by atoms with Gasteiger partial charge in [0.05, 0.1) is 17.8 Å². The summed E-state index contributed by atoms with van der Waals surface area (Å²) in [6.45, 7) is 4.83. The van der Waals surface area contributed by atoms with Crippen molar-refractivity contribution in [3.63, 3.8) is 0 Å². The zero-order valence-corrected chi connectivity index (χ0v) is 15.6. The van der Waals surface area contributed by atoms with E-state index in [0.29, 0.717) is 41.2 Å². The molecule has 1 aliphatic heterocycles. The second kappa shape index (κ2) is 7.70. The number of fused-ring (bicyclic) bond motifs is 1. The molecule has 1 aliphatic rings. The zero-order chi connectivity index (χ0) is 18.7. The predicted octanol–water partition coefficient (Wildman–Crippen LogP) is 4.39. The molecule has 5 nitrogen and oxygen atoms in total. The van der Waals surface area contributed by atoms with Gasteiger partial charge in [-0.2, -0.15) is 0 Å². The van der Waals surface area contributed by atoms with Gasteiger partial charge >= 0.3 is 0 Å². The van der Waals surface area contributed by atoms with Gasteiger partial charge in [-0.25, -0.2) is 0 Å². The lowest BCUT2D eigenvalue weighted by Crippen LogP contribution is -2.16. The fourth-order valence-corrected chi connectivity index (χ4v) is 3.17. The SMILES string of the molecule is COc1cc(/C=C/C(=O)Nc2c(C)cc(C)cc2Cl)cc2c1OCCO2. The average Bonchev–Trinajstić information content (AvgIpc) is 2.62. The van der Waals surface area contributed by atoms with Crippen LogP contribution in [0.5, 0.6) is 17.2 Å². The van der Waals surface area contributed by atoms with Crippen LogP contribution in [0.2, 0.25) is 5.02 Å². The summed E-state index contributed by atoms with van der Waals surface area (Å²) in [6.07, 6.45) is 3.13. The van der Waals surface area contributed by atoms with Crippen LogP contribution in [-0.4, -0.2) is 26.2 Å². The first-order valence-electron chi connectivity index (χ1n) is 8.21. The summed E-state index contributed by atoms with van der Waals surface area (Å²) < 4.78 is 16.5. The molecule has 0 bridgehead atoms. The molecule has 0 saturated carbocycles. The number of methoxy groups -OCH3 is 1. The van der Waals surface area contributed by atoms with E-state index in [9.17, 15) is 4.79 Å². The van der Waals surface area contributed by atoms with Crippen LogP contribution >= 0.6 is 11.6 Å². The fraction of sp³-hybridized carbons (Fsp3) is 0.250. The van der Waals surface area contributed by atoms with Crippen LogP contribution in [0.15, 0.2) is 30.3 Å². The topological polar surface area (TPSA) is 56.8 Å². The number of benzene rings is 2. The van der Waals surface area contributed by atoms with Crippen LogP contribution in [0, 0.1) is 13.8 Å². The molecule has 0 radical (unpaired) electrons. The molecule has 0 unspecified atom stereocenters. The number of hydrogen-bond donors (Lipinski definition) is 1. The van der Waals surface area contributed by atoms with Crippen molar-refractivity contribution in [2.45, 2.75) is 13.8 Å². The highest BCUT2D eigenvalue weighted by molar-refractivity contribution is 6.34. The number of halogens is 1. The fourth-order valence-electron chi connectivity index (χ4n) is 2.80. The largest absolute Gasteiger partial charge is 0.493 e. The van der Waals surface area contributed by atoms with Gasteiger partial charge in [-0.1, -0.05) is 17.7 Å². The van der Waals surface area contributed by atoms with Crippen molar-refractivity contribution < 1.29 is 19.0 Å². The molecule has 0 spiro atoms. The molecule has 1 N–H and O–H groups in total. The quantitative estimate of drug-likeness (QED) is 0.807. The Morgan fingerprint density at radius 1 is 1.19 bits per heavy atom. The minimum Gasteiger partial charge on any atom is -0.493 e. The molecule has 1 amide bonds. The molecule has 0 fully saturated rings. The second-order valence-electron chi connectivity index (χ2n) is 6.01. The summed E-state index contributed by atoms with van der Waals surface area (Å²) in [5, 5.41) is 3.34. The van der Waals surface area contributed by atoms with Crippen molar-refractivity contribution in [2.24, 2.45) is 0 Å². The standard InChI is InChI=1S/C20H20ClNO4/c1-12-8-13(2)19(15(21)9-12)22-18(23)5-4-14-10-16(24-3)20-17(11-14)25-6-7-26-20/h4-5,8-11H,6-7H2,1-3H3,(H,22,23)/b5-4+. The molecule has 0 saturated heterocycles. The van der Waals surface area contributed by atoms with Gasteiger partial charge in [-0.05, 0) is 54.8 Å². The number of aryl methyl sites for hydroxylation is 2. The highest BCUT2D eigenvalue weighted by atomic mass is 35.5. The average molecular weight is 374 g/mol. The van der Waals surface area contributed by atoms with Crippen LogP contribution < -0.4 is 19.5 Å². The molecule has 6 heteroatoms. The third-order valence-electron chi connectivity index (χ3n) is 3.96. The summed E-state index contributed by atoms with van der Waals surface area (Å²) in [4.78, 5) is 12.3. The zero-order valence-electron chi connectivity index (χ0n) is 14.9. The Hall–Kier alpha value is -2.66. The third-order valence-corrected chi connectivity index (χ3v) is 4.26. The number of carbonyl (C=O) groups excluding carboxylic acids is 1. The highest BCUT2D eigenvalue weighted by Gasteiger charge is 2.17. The van der Waals surface area contributed by atoms with Crippen LogP contribution in [0.25, 0.3) is 6.08 Å². The summed E-state index contributed by atoms with van der Waals surface area (Å²) >= 11 is 6.23. The van der Waals surface area contributed by atoms with Crippen LogP contribution in [-0.2, 0) is 4.79 Å². The molecule has 0 aliphatic carbocycles. The Morgan fingerprint density at radius 2 is 1.96 bits per heavy atom. The molecular formula is C20H20ClNO4. The Kier molecular flexibility index (Phi) is 5.38. The molecule has 2 aromatic rings. The van der Waals surface area contributed by atoms with E-state index in [4.69, 9.17) is 25.8 Å². The van der Waals surface area contributed by atoms with Crippen molar-refractivity contribution in [3.8, 4) is 17.2 Å². The molecule has 1 heterocycles. The van der Waals surface area contributed by atoms with Crippen LogP contribution in [0.1, 0.15) is 16.7 Å². The summed E-state index contributed by atoms with van der Waals surface area (Å²) in [5.74, 6) is 1.49. The molecule has 2 aromatic carbocycles. The minimum absolute atomic E-state index is 0.271. The Morgan fingerprint density at radius 3 is 2.69 bits per heavy atom. The molecule has 0 aromatic heterocycles. The third kappa shape index (κ3) is 3.94. The summed E-state index contributed by atoms with van der Waals surface area (Å²) in [5.41, 5.74) is 3.35. The summed E-state index contributed by atoms with van der Waals surface area (Å²) in [6, 6.07) is 7.39. The second-order valence-corrected chi connectivity index (χ2v) is 6.42. The smallest absolute Gasteiger partial charge is 0.248 e. The maximum Gasteiger partial charge on any atom is 0.248 e. The first-order valence-corrected chi connectivity index (χ1v) is 8.59. The predicted molar refractivity (Wildman–Crippen MR) is 103 cm³/mol. The van der Waals surface area contributed by atoms with E-state index in [1.54, 1.807) is 19.3 Å². The molecular weight excluding hydrogens is 354 g/mol. The Bertz CT molecular complexity index is 836. The van der Waals surface area contributed by atoms with E-state index in [2.05, 4.69) is 5.32 Å². The normalized spacial score (nSPS) is 12.9. The molecule has 0 atom stereocenters. The number of hydrogen-bond acceptors (Lipinski definition) is 4. The van der Waals surface area contributed by atoms with Crippen molar-refractivity contribution in [3.05, 3.63) is 52.1 Å². The Balaban J connectivity index is 1.79. The van der Waals surface area contributed by atoms with E-state index >= 15 is 0 Å². The number of rotatable bonds is 4. The first kappa shape index (κ1) is 18.1. The van der Waals surface area contributed by atoms with Gasteiger partial charge in [0.2, 0.25) is 11.7 Å². The lowest BCUT2D eigenvalue weighted by Gasteiger charge is -2.20. The van der Waals surface area contributed by atoms with E-state index in [1.807, 2.05) is 32.0 Å². The van der Waals surface area contributed by atoms with Crippen molar-refractivity contribution in [1.29, 1.82) is 0 Å². The number of amides is 1. The Labute approximate surface area is 157 Å². The van der Waals surface area contributed by atoms with Gasteiger partial charge in [0.15, 0.2) is 11.5 Å². The number of nitrogens with one attached hydrogen (secondary N) is 1. The van der Waals surface area contributed by atoms with Gasteiger partial charge in [0, 0.05) is 6.08 Å². The van der Waals surface area contributed by atoms with Crippen molar-refractivity contribution >= 4 is 29.3 Å². The first-order chi connectivity index (χ1) is 12.5. The monoisotopic (exact) mass is 373 g/mol. The van der Waals surface area contributed by atoms with Gasteiger partial charge in [0.25, 0.3) is 0 Å². The van der Waals surface area contributed by atoms with E-state index in [-0.39, 0.29) is 5.91 Å². The number of anilines is 1. The van der Waals surface area contributed by atoms with Gasteiger partial charge < -0.3 is 19.5 Å². The number of ether oxygens (including phenoxy) is 3. The van der Waals surface area contributed by atoms with Crippen molar-refractivity contribution in [1.82, 2.24) is 0 Å². The van der Waals surface area contributed by atoms with E-state index in [1.165, 1.54) is 6.08 Å². The molecule has 26 heavy (non-hydrogen) atoms. The highest BCUT2D eigenvalue weighted by Crippen LogP contribution is 2.40. The van der Waals surface area contributed by atoms with E-state index in [0.717, 1.165) is 16.7 Å². The lowest BCUT2D eigenvalue weighted by molar-refractivity contribution is -0.111. The van der Waals surface area contributed by atoms with Gasteiger partial charge in [-0.15, -0.1) is 0 Å². The van der Waals surface area contributed by atoms with Gasteiger partial charge in [0.1, 0.15) is 13.2 Å². The number of carbonyl (C=O) groups is 1. The van der Waals surface area contributed by atoms with Gasteiger partial charge in [-0.3, -0.25) is 4.79 Å². The minimum atomic E-state index is -0.271. The molecule has 3 rings (SSSR count). The lowest BCUT2D eigenvalue weighted by atomic mass is 10.1. The summed E-state index contributed by atoms with van der Waals surface area (Å²) in [7, 11) is 1.57. The maximum absolute atomic E-state index is 12.3. The van der Waals surface area contributed by atoms with Crippen molar-refractivity contribution in [2.75, 3.05) is 25.6 Å². The van der Waals surface area contributed by atoms with Crippen LogP contribution in [0.4, 0.5) is 5.69 Å². The maximum atomic E-state index is 12.3. The molecule has 136 valence electrons.